The zero-order valence-corrected chi connectivity index (χ0v) is 12.9. The van der Waals surface area contributed by atoms with E-state index >= 15 is 0 Å². The standard InChI is InChI=1S/C13H23N5OS/c1-3-17(4-2)13-16-11(15)10(20-13)12(19)18-7-5-6-9(14)8-18/h9H,3-8,14-15H2,1-2H3. The summed E-state index contributed by atoms with van der Waals surface area (Å²) >= 11 is 1.38. The van der Waals surface area contributed by atoms with Gasteiger partial charge < -0.3 is 21.3 Å². The lowest BCUT2D eigenvalue weighted by atomic mass is 10.1. The Kier molecular flexibility index (Phi) is 4.82. The second-order valence-corrected chi connectivity index (χ2v) is 6.01. The van der Waals surface area contributed by atoms with Gasteiger partial charge in [-0.05, 0) is 26.7 Å². The van der Waals surface area contributed by atoms with Crippen LogP contribution in [0.25, 0.3) is 0 Å². The van der Waals surface area contributed by atoms with Crippen molar-refractivity contribution >= 4 is 28.2 Å². The number of rotatable bonds is 4. The first kappa shape index (κ1) is 15.1. The summed E-state index contributed by atoms with van der Waals surface area (Å²) in [5.74, 6) is 0.301. The fraction of sp³-hybridized carbons (Fsp3) is 0.692. The van der Waals surface area contributed by atoms with Gasteiger partial charge >= 0.3 is 0 Å². The van der Waals surface area contributed by atoms with Crippen LogP contribution in [0, 0.1) is 0 Å². The second-order valence-electron chi connectivity index (χ2n) is 5.04. The van der Waals surface area contributed by atoms with Crippen molar-refractivity contribution < 1.29 is 4.79 Å². The monoisotopic (exact) mass is 297 g/mol. The van der Waals surface area contributed by atoms with Crippen LogP contribution >= 0.6 is 11.3 Å². The molecule has 6 nitrogen and oxygen atoms in total. The molecule has 112 valence electrons. The van der Waals surface area contributed by atoms with E-state index in [4.69, 9.17) is 11.5 Å². The molecular weight excluding hydrogens is 274 g/mol. The Morgan fingerprint density at radius 3 is 2.80 bits per heavy atom. The Hall–Kier alpha value is -1.34. The predicted molar refractivity (Wildman–Crippen MR) is 83.2 cm³/mol. The highest BCUT2D eigenvalue weighted by Crippen LogP contribution is 2.29. The smallest absolute Gasteiger partial charge is 0.267 e. The van der Waals surface area contributed by atoms with Crippen LogP contribution in [0.1, 0.15) is 36.4 Å². The summed E-state index contributed by atoms with van der Waals surface area (Å²) in [6, 6.07) is 0.0732. The Labute approximate surface area is 123 Å². The first-order chi connectivity index (χ1) is 9.56. The molecule has 0 saturated carbocycles. The Morgan fingerprint density at radius 1 is 1.50 bits per heavy atom. The largest absolute Gasteiger partial charge is 0.382 e. The highest BCUT2D eigenvalue weighted by molar-refractivity contribution is 7.18. The molecule has 1 amide bonds. The molecule has 0 aliphatic carbocycles. The van der Waals surface area contributed by atoms with Gasteiger partial charge in [-0.15, -0.1) is 0 Å². The van der Waals surface area contributed by atoms with Crippen LogP contribution < -0.4 is 16.4 Å². The SMILES string of the molecule is CCN(CC)c1nc(N)c(C(=O)N2CCCC(N)C2)s1. The zero-order chi connectivity index (χ0) is 14.7. The number of anilines is 2. The maximum atomic E-state index is 12.5. The number of hydrogen-bond donors (Lipinski definition) is 2. The number of hydrogen-bond acceptors (Lipinski definition) is 6. The van der Waals surface area contributed by atoms with E-state index in [0.29, 0.717) is 17.2 Å². The van der Waals surface area contributed by atoms with Gasteiger partial charge in [0.05, 0.1) is 0 Å². The molecule has 1 saturated heterocycles. The van der Waals surface area contributed by atoms with Gasteiger partial charge in [0.2, 0.25) is 0 Å². The zero-order valence-electron chi connectivity index (χ0n) is 12.1. The van der Waals surface area contributed by atoms with Crippen LogP contribution in [0.2, 0.25) is 0 Å². The van der Waals surface area contributed by atoms with Crippen LogP contribution in [0.3, 0.4) is 0 Å². The van der Waals surface area contributed by atoms with E-state index in [1.807, 2.05) is 0 Å². The van der Waals surface area contributed by atoms with Crippen LogP contribution in [-0.4, -0.2) is 48.0 Å². The number of likely N-dealkylation sites (tertiary alicyclic amines) is 1. The topological polar surface area (TPSA) is 88.5 Å². The molecule has 1 fully saturated rings. The van der Waals surface area contributed by atoms with Crippen LogP contribution in [-0.2, 0) is 0 Å². The van der Waals surface area contributed by atoms with Gasteiger partial charge in [0.25, 0.3) is 5.91 Å². The number of nitrogen functional groups attached to an aromatic ring is 1. The van der Waals surface area contributed by atoms with Gasteiger partial charge in [-0.2, -0.15) is 0 Å². The molecule has 20 heavy (non-hydrogen) atoms. The third-order valence-corrected chi connectivity index (χ3v) is 4.74. The van der Waals surface area contributed by atoms with Gasteiger partial charge in [0.1, 0.15) is 10.7 Å². The highest BCUT2D eigenvalue weighted by Gasteiger charge is 2.26. The summed E-state index contributed by atoms with van der Waals surface area (Å²) in [5, 5.41) is 0.817. The molecule has 1 aliphatic heterocycles. The summed E-state index contributed by atoms with van der Waals surface area (Å²) in [5.41, 5.74) is 11.9. The number of nitrogens with zero attached hydrogens (tertiary/aromatic N) is 3. The highest BCUT2D eigenvalue weighted by atomic mass is 32.1. The van der Waals surface area contributed by atoms with E-state index in [-0.39, 0.29) is 11.9 Å². The molecule has 4 N–H and O–H groups in total. The number of thiazole rings is 1. The van der Waals surface area contributed by atoms with Crippen molar-refractivity contribution in [3.05, 3.63) is 4.88 Å². The van der Waals surface area contributed by atoms with E-state index in [0.717, 1.165) is 37.6 Å². The molecule has 1 aromatic rings. The normalized spacial score (nSPS) is 19.1. The Balaban J connectivity index is 2.17. The molecule has 7 heteroatoms. The number of piperidine rings is 1. The first-order valence-electron chi connectivity index (χ1n) is 7.12. The van der Waals surface area contributed by atoms with Crippen molar-refractivity contribution in [1.82, 2.24) is 9.88 Å². The molecule has 0 bridgehead atoms. The van der Waals surface area contributed by atoms with Crippen molar-refractivity contribution in [1.29, 1.82) is 0 Å². The summed E-state index contributed by atoms with van der Waals surface area (Å²) in [7, 11) is 0. The molecule has 1 aliphatic rings. The number of carbonyl (C=O) groups excluding carboxylic acids is 1. The summed E-state index contributed by atoms with van der Waals surface area (Å²) in [6.07, 6.45) is 1.93. The third kappa shape index (κ3) is 3.04. The quantitative estimate of drug-likeness (QED) is 0.870. The lowest BCUT2D eigenvalue weighted by Crippen LogP contribution is -2.45. The molecule has 2 rings (SSSR count). The second kappa shape index (κ2) is 6.41. The van der Waals surface area contributed by atoms with Gasteiger partial charge in [-0.3, -0.25) is 4.79 Å². The minimum Gasteiger partial charge on any atom is -0.382 e. The summed E-state index contributed by atoms with van der Waals surface area (Å²) < 4.78 is 0. The first-order valence-corrected chi connectivity index (χ1v) is 7.94. The summed E-state index contributed by atoms with van der Waals surface area (Å²) in [4.78, 5) is 21.3. The van der Waals surface area contributed by atoms with Gasteiger partial charge in [-0.25, -0.2) is 4.98 Å². The number of nitrogens with two attached hydrogens (primary N) is 2. The molecule has 1 aromatic heterocycles. The molecule has 2 heterocycles. The van der Waals surface area contributed by atoms with Crippen molar-refractivity contribution in [3.63, 3.8) is 0 Å². The fourth-order valence-corrected chi connectivity index (χ4v) is 3.52. The fourth-order valence-electron chi connectivity index (χ4n) is 2.44. The lowest BCUT2D eigenvalue weighted by Gasteiger charge is -2.30. The van der Waals surface area contributed by atoms with E-state index < -0.39 is 0 Å². The van der Waals surface area contributed by atoms with Crippen molar-refractivity contribution in [2.45, 2.75) is 32.7 Å². The van der Waals surface area contributed by atoms with Crippen molar-refractivity contribution in [2.24, 2.45) is 5.73 Å². The number of amides is 1. The van der Waals surface area contributed by atoms with Crippen molar-refractivity contribution in [2.75, 3.05) is 36.8 Å². The number of aromatic nitrogens is 1. The predicted octanol–water partition coefficient (Wildman–Crippen LogP) is 1.13. The molecule has 0 aromatic carbocycles. The van der Waals surface area contributed by atoms with Crippen molar-refractivity contribution in [3.8, 4) is 0 Å². The molecular formula is C13H23N5OS. The minimum atomic E-state index is -0.0337. The average Bonchev–Trinajstić information content (AvgIpc) is 2.81. The van der Waals surface area contributed by atoms with E-state index in [9.17, 15) is 4.79 Å². The van der Waals surface area contributed by atoms with Crippen LogP contribution in [0.4, 0.5) is 10.9 Å². The summed E-state index contributed by atoms with van der Waals surface area (Å²) in [6.45, 7) is 7.19. The molecule has 1 atom stereocenters. The Bertz CT molecular complexity index is 471. The number of carbonyl (C=O) groups is 1. The van der Waals surface area contributed by atoms with Gasteiger partial charge in [0, 0.05) is 32.2 Å². The van der Waals surface area contributed by atoms with Gasteiger partial charge in [0.15, 0.2) is 5.13 Å². The van der Waals surface area contributed by atoms with Crippen LogP contribution in [0.5, 0.6) is 0 Å². The van der Waals surface area contributed by atoms with E-state index in [2.05, 4.69) is 23.7 Å². The maximum Gasteiger partial charge on any atom is 0.267 e. The van der Waals surface area contributed by atoms with E-state index in [1.54, 1.807) is 4.90 Å². The van der Waals surface area contributed by atoms with E-state index in [1.165, 1.54) is 11.3 Å². The molecule has 0 radical (unpaired) electrons. The molecule has 0 spiro atoms. The molecule has 1 unspecified atom stereocenters. The van der Waals surface area contributed by atoms with Gasteiger partial charge in [-0.1, -0.05) is 11.3 Å². The third-order valence-electron chi connectivity index (χ3n) is 3.62. The minimum absolute atomic E-state index is 0.0337. The average molecular weight is 297 g/mol. The maximum absolute atomic E-state index is 12.5. The Morgan fingerprint density at radius 2 is 2.20 bits per heavy atom. The lowest BCUT2D eigenvalue weighted by molar-refractivity contribution is 0.0714. The van der Waals surface area contributed by atoms with Crippen LogP contribution in [0.15, 0.2) is 0 Å².